The number of aromatic nitrogens is 5. The third-order valence-electron chi connectivity index (χ3n) is 7.24. The minimum atomic E-state index is -4.48. The molecule has 1 unspecified atom stereocenters. The second-order valence-electron chi connectivity index (χ2n) is 10.2. The van der Waals surface area contributed by atoms with Crippen LogP contribution in [0.15, 0.2) is 48.9 Å². The van der Waals surface area contributed by atoms with Crippen LogP contribution in [0.1, 0.15) is 37.8 Å². The van der Waals surface area contributed by atoms with Gasteiger partial charge in [-0.25, -0.2) is 14.1 Å². The van der Waals surface area contributed by atoms with Crippen molar-refractivity contribution in [2.24, 2.45) is 0 Å². The minimum absolute atomic E-state index is 0.000596. The van der Waals surface area contributed by atoms with Gasteiger partial charge in [0.2, 0.25) is 11.9 Å². The molecule has 1 saturated heterocycles. The Morgan fingerprint density at radius 2 is 1.95 bits per heavy atom. The topological polar surface area (TPSA) is 95.0 Å². The van der Waals surface area contributed by atoms with Gasteiger partial charge in [-0.1, -0.05) is 6.07 Å². The van der Waals surface area contributed by atoms with Gasteiger partial charge in [0.15, 0.2) is 0 Å². The molecule has 40 heavy (non-hydrogen) atoms. The van der Waals surface area contributed by atoms with Gasteiger partial charge in [0.25, 0.3) is 0 Å². The fraction of sp³-hybridized carbons (Fsp3) is 0.407. The molecule has 4 aromatic rings. The van der Waals surface area contributed by atoms with Crippen molar-refractivity contribution in [3.8, 4) is 11.1 Å². The number of H-pyrrole nitrogens is 1. The van der Waals surface area contributed by atoms with Crippen molar-refractivity contribution in [3.05, 3.63) is 54.5 Å². The Hall–Kier alpha value is -3.58. The highest BCUT2D eigenvalue weighted by Crippen LogP contribution is 2.35. The Morgan fingerprint density at radius 1 is 1.15 bits per heavy atom. The van der Waals surface area contributed by atoms with Crippen molar-refractivity contribution >= 4 is 40.7 Å². The predicted molar refractivity (Wildman–Crippen MR) is 148 cm³/mol. The first kappa shape index (κ1) is 26.6. The highest BCUT2D eigenvalue weighted by molar-refractivity contribution is 7.98. The first-order valence-electron chi connectivity index (χ1n) is 13.2. The maximum Gasteiger partial charge on any atom is 0.397 e. The number of piperazine rings is 1. The molecule has 2 N–H and O–H groups in total. The summed E-state index contributed by atoms with van der Waals surface area (Å²) >= 11 is 1.76. The number of pyridine rings is 1. The van der Waals surface area contributed by atoms with Gasteiger partial charge in [-0.05, 0) is 67.1 Å². The number of anilines is 2. The average Bonchev–Trinajstić information content (AvgIpc) is 3.46. The van der Waals surface area contributed by atoms with E-state index in [2.05, 4.69) is 42.5 Å². The molecule has 210 valence electrons. The standard InChI is InChI=1S/C27H29F3N8OS/c1-17(36-8-10-37(11-9-36)25(39)14-27(28,29)30)18-6-7-31-24(13-18)35-26-33-22-5-2-19(12-23(22)34-26)20-15-32-38(16-20)40-21-3-4-21/h2,5-7,12-13,15-17,21H,3-4,8-11,14H2,1H3,(H2,31,33,34,35). The summed E-state index contributed by atoms with van der Waals surface area (Å²) in [4.78, 5) is 27.8. The van der Waals surface area contributed by atoms with Crippen molar-refractivity contribution in [3.63, 3.8) is 0 Å². The zero-order chi connectivity index (χ0) is 27.9. The number of aromatic amines is 1. The van der Waals surface area contributed by atoms with E-state index in [1.807, 2.05) is 41.5 Å². The van der Waals surface area contributed by atoms with Crippen LogP contribution in [0.5, 0.6) is 0 Å². The molecule has 1 saturated carbocycles. The molecule has 2 fully saturated rings. The summed E-state index contributed by atoms with van der Waals surface area (Å²) in [7, 11) is 0. The lowest BCUT2D eigenvalue weighted by Crippen LogP contribution is -2.50. The normalized spacial score (nSPS) is 17.4. The van der Waals surface area contributed by atoms with Gasteiger partial charge in [0.05, 0.1) is 17.2 Å². The molecule has 1 aromatic carbocycles. The number of benzene rings is 1. The Bertz CT molecular complexity index is 1510. The van der Waals surface area contributed by atoms with Crippen molar-refractivity contribution in [2.45, 2.75) is 43.7 Å². The molecular formula is C27H29F3N8OS. The zero-order valence-corrected chi connectivity index (χ0v) is 22.7. The van der Waals surface area contributed by atoms with Crippen LogP contribution in [-0.2, 0) is 4.79 Å². The van der Waals surface area contributed by atoms with Crippen LogP contribution in [0.25, 0.3) is 22.2 Å². The smallest absolute Gasteiger partial charge is 0.340 e. The molecule has 1 aliphatic heterocycles. The van der Waals surface area contributed by atoms with Crippen molar-refractivity contribution in [2.75, 3.05) is 31.5 Å². The van der Waals surface area contributed by atoms with E-state index in [1.165, 1.54) is 17.7 Å². The van der Waals surface area contributed by atoms with Crippen LogP contribution < -0.4 is 5.32 Å². The molecule has 13 heteroatoms. The first-order chi connectivity index (χ1) is 19.2. The molecule has 6 rings (SSSR count). The van der Waals surface area contributed by atoms with Crippen molar-refractivity contribution < 1.29 is 18.0 Å². The van der Waals surface area contributed by atoms with E-state index in [4.69, 9.17) is 0 Å². The quantitative estimate of drug-likeness (QED) is 0.294. The van der Waals surface area contributed by atoms with E-state index in [1.54, 1.807) is 18.1 Å². The largest absolute Gasteiger partial charge is 0.397 e. The molecule has 2 aliphatic rings. The molecule has 1 aliphatic carbocycles. The zero-order valence-electron chi connectivity index (χ0n) is 21.9. The van der Waals surface area contributed by atoms with E-state index in [-0.39, 0.29) is 19.1 Å². The van der Waals surface area contributed by atoms with Gasteiger partial charge in [-0.3, -0.25) is 9.69 Å². The predicted octanol–water partition coefficient (Wildman–Crippen LogP) is 5.38. The monoisotopic (exact) mass is 570 g/mol. The average molecular weight is 571 g/mol. The van der Waals surface area contributed by atoms with Gasteiger partial charge in [-0.2, -0.15) is 18.3 Å². The van der Waals surface area contributed by atoms with Crippen molar-refractivity contribution in [1.82, 2.24) is 33.9 Å². The number of rotatable bonds is 8. The highest BCUT2D eigenvalue weighted by atomic mass is 32.2. The summed E-state index contributed by atoms with van der Waals surface area (Å²) in [5, 5.41) is 8.40. The van der Waals surface area contributed by atoms with Crippen molar-refractivity contribution in [1.29, 1.82) is 0 Å². The Labute approximate surface area is 233 Å². The summed E-state index contributed by atoms with van der Waals surface area (Å²) in [6, 6.07) is 9.93. The number of fused-ring (bicyclic) bond motifs is 1. The van der Waals surface area contributed by atoms with Crippen LogP contribution in [-0.4, -0.2) is 77.4 Å². The van der Waals surface area contributed by atoms with Gasteiger partial charge in [0.1, 0.15) is 12.2 Å². The summed E-state index contributed by atoms with van der Waals surface area (Å²) in [6.07, 6.45) is 2.26. The van der Waals surface area contributed by atoms with Crippen LogP contribution in [0.2, 0.25) is 0 Å². The lowest BCUT2D eigenvalue weighted by atomic mass is 10.1. The summed E-state index contributed by atoms with van der Waals surface area (Å²) in [6.45, 7) is 3.59. The van der Waals surface area contributed by atoms with Crippen LogP contribution in [0, 0.1) is 0 Å². The number of carbonyl (C=O) groups excluding carboxylic acids is 1. The molecule has 9 nitrogen and oxygen atoms in total. The van der Waals surface area contributed by atoms with Gasteiger partial charge in [0, 0.05) is 55.4 Å². The third kappa shape index (κ3) is 6.25. The molecular weight excluding hydrogens is 541 g/mol. The van der Waals surface area contributed by atoms with E-state index in [0.717, 1.165) is 27.7 Å². The number of carbonyl (C=O) groups is 1. The van der Waals surface area contributed by atoms with E-state index in [0.29, 0.717) is 30.1 Å². The Kier molecular flexibility index (Phi) is 7.17. The second kappa shape index (κ2) is 10.8. The molecule has 3 aromatic heterocycles. The van der Waals surface area contributed by atoms with Crippen LogP contribution in [0.4, 0.5) is 24.9 Å². The molecule has 1 atom stereocenters. The minimum Gasteiger partial charge on any atom is -0.340 e. The fourth-order valence-electron chi connectivity index (χ4n) is 4.84. The van der Waals surface area contributed by atoms with E-state index < -0.39 is 18.5 Å². The lowest BCUT2D eigenvalue weighted by Gasteiger charge is -2.38. The number of imidazole rings is 1. The van der Waals surface area contributed by atoms with Gasteiger partial charge < -0.3 is 15.2 Å². The Morgan fingerprint density at radius 3 is 2.70 bits per heavy atom. The molecule has 4 heterocycles. The number of hydrogen-bond acceptors (Lipinski definition) is 7. The maximum atomic E-state index is 12.6. The number of nitrogens with zero attached hydrogens (tertiary/aromatic N) is 6. The van der Waals surface area contributed by atoms with Gasteiger partial charge in [-0.15, -0.1) is 0 Å². The molecule has 0 radical (unpaired) electrons. The van der Waals surface area contributed by atoms with Gasteiger partial charge >= 0.3 is 6.18 Å². The third-order valence-corrected chi connectivity index (χ3v) is 8.42. The summed E-state index contributed by atoms with van der Waals surface area (Å²) in [5.74, 6) is 0.332. The number of nitrogens with one attached hydrogen (secondary N) is 2. The van der Waals surface area contributed by atoms with E-state index >= 15 is 0 Å². The maximum absolute atomic E-state index is 12.6. The van der Waals surface area contributed by atoms with E-state index in [9.17, 15) is 18.0 Å². The van der Waals surface area contributed by atoms with Crippen LogP contribution in [0.3, 0.4) is 0 Å². The number of halogens is 3. The van der Waals surface area contributed by atoms with Crippen LogP contribution >= 0.6 is 11.9 Å². The summed E-state index contributed by atoms with van der Waals surface area (Å²) < 4.78 is 39.7. The Balaban J connectivity index is 1.09. The number of alkyl halides is 3. The number of amides is 1. The fourth-order valence-corrected chi connectivity index (χ4v) is 5.76. The molecule has 1 amide bonds. The second-order valence-corrected chi connectivity index (χ2v) is 11.5. The first-order valence-corrected chi connectivity index (χ1v) is 14.1. The highest BCUT2D eigenvalue weighted by Gasteiger charge is 2.35. The summed E-state index contributed by atoms with van der Waals surface area (Å²) in [5.41, 5.74) is 4.83. The SMILES string of the molecule is CC(c1ccnc(Nc2nc3ccc(-c4cnn(SC5CC5)c4)cc3[nH]2)c1)N1CCN(C(=O)CC(F)(F)F)CC1. The number of hydrogen-bond donors (Lipinski definition) is 2. The molecule has 0 bridgehead atoms. The lowest BCUT2D eigenvalue weighted by molar-refractivity contribution is -0.162. The molecule has 0 spiro atoms.